The minimum atomic E-state index is -0.787. The molecule has 0 saturated heterocycles. The van der Waals surface area contributed by atoms with Gasteiger partial charge in [0.2, 0.25) is 5.91 Å². The first-order chi connectivity index (χ1) is 14.4. The maximum Gasteiger partial charge on any atom is 0.316 e. The van der Waals surface area contributed by atoms with E-state index < -0.39 is 17.0 Å². The SMILES string of the molecule is COc1cc(NC(=O)Cn2ccn(Cc3ccc(Cl)cc3)c(=O)c2=O)cc(OC)c1. The standard InChI is InChI=1S/C21H20ClN3O5/c1-29-17-9-16(10-18(11-17)30-2)23-19(26)13-25-8-7-24(20(27)21(25)28)12-14-3-5-15(22)6-4-14/h3-11H,12-13H2,1-2H3,(H,23,26). The molecule has 3 aromatic rings. The topological polar surface area (TPSA) is 91.6 Å². The number of ether oxygens (including phenoxy) is 2. The van der Waals surface area contributed by atoms with E-state index in [-0.39, 0.29) is 13.1 Å². The third-order valence-electron chi connectivity index (χ3n) is 4.35. The maximum absolute atomic E-state index is 12.4. The summed E-state index contributed by atoms with van der Waals surface area (Å²) in [5, 5.41) is 3.25. The molecule has 0 aliphatic rings. The van der Waals surface area contributed by atoms with Gasteiger partial charge in [-0.15, -0.1) is 0 Å². The van der Waals surface area contributed by atoms with E-state index in [0.29, 0.717) is 22.2 Å². The van der Waals surface area contributed by atoms with E-state index in [1.165, 1.54) is 31.2 Å². The Morgan fingerprint density at radius 2 is 1.50 bits per heavy atom. The molecule has 0 bridgehead atoms. The molecule has 0 atom stereocenters. The van der Waals surface area contributed by atoms with Crippen LogP contribution in [0.1, 0.15) is 5.56 Å². The van der Waals surface area contributed by atoms with Gasteiger partial charge in [0.15, 0.2) is 0 Å². The predicted octanol–water partition coefficient (Wildman–Crippen LogP) is 2.37. The van der Waals surface area contributed by atoms with Gasteiger partial charge in [0, 0.05) is 41.3 Å². The maximum atomic E-state index is 12.4. The van der Waals surface area contributed by atoms with Gasteiger partial charge in [-0.2, -0.15) is 0 Å². The minimum Gasteiger partial charge on any atom is -0.497 e. The van der Waals surface area contributed by atoms with Crippen molar-refractivity contribution in [2.75, 3.05) is 19.5 Å². The number of amides is 1. The first kappa shape index (κ1) is 21.2. The van der Waals surface area contributed by atoms with Crippen molar-refractivity contribution in [3.05, 3.63) is 86.2 Å². The molecule has 30 heavy (non-hydrogen) atoms. The van der Waals surface area contributed by atoms with Crippen molar-refractivity contribution in [3.63, 3.8) is 0 Å². The van der Waals surface area contributed by atoms with Gasteiger partial charge in [0.25, 0.3) is 0 Å². The molecule has 3 rings (SSSR count). The zero-order valence-electron chi connectivity index (χ0n) is 16.4. The summed E-state index contributed by atoms with van der Waals surface area (Å²) in [7, 11) is 3.00. The van der Waals surface area contributed by atoms with Crippen LogP contribution < -0.4 is 25.9 Å². The molecule has 0 spiro atoms. The Balaban J connectivity index is 1.74. The summed E-state index contributed by atoms with van der Waals surface area (Å²) in [4.78, 5) is 37.2. The fraction of sp³-hybridized carbons (Fsp3) is 0.190. The van der Waals surface area contributed by atoms with E-state index in [9.17, 15) is 14.4 Å². The summed E-state index contributed by atoms with van der Waals surface area (Å²) in [5.41, 5.74) is -0.239. The lowest BCUT2D eigenvalue weighted by Gasteiger charge is -2.11. The molecular formula is C21H20ClN3O5. The lowest BCUT2D eigenvalue weighted by atomic mass is 10.2. The Kier molecular flexibility index (Phi) is 6.58. The van der Waals surface area contributed by atoms with Gasteiger partial charge < -0.3 is 19.4 Å². The largest absolute Gasteiger partial charge is 0.497 e. The summed E-state index contributed by atoms with van der Waals surface area (Å²) in [5.74, 6) is 0.542. The van der Waals surface area contributed by atoms with Crippen molar-refractivity contribution in [1.82, 2.24) is 9.13 Å². The molecule has 0 saturated carbocycles. The number of halogens is 1. The second-order valence-electron chi connectivity index (χ2n) is 6.44. The van der Waals surface area contributed by atoms with E-state index in [0.717, 1.165) is 10.1 Å². The number of hydrogen-bond acceptors (Lipinski definition) is 5. The smallest absolute Gasteiger partial charge is 0.316 e. The first-order valence-corrected chi connectivity index (χ1v) is 9.34. The van der Waals surface area contributed by atoms with Crippen LogP contribution in [0.2, 0.25) is 5.02 Å². The van der Waals surface area contributed by atoms with Crippen LogP contribution in [-0.2, 0) is 17.9 Å². The van der Waals surface area contributed by atoms with Crippen LogP contribution in [0, 0.1) is 0 Å². The molecule has 156 valence electrons. The van der Waals surface area contributed by atoms with Gasteiger partial charge in [-0.3, -0.25) is 19.0 Å². The predicted molar refractivity (Wildman–Crippen MR) is 114 cm³/mol. The number of nitrogens with one attached hydrogen (secondary N) is 1. The summed E-state index contributed by atoms with van der Waals surface area (Å²) in [6, 6.07) is 11.9. The van der Waals surface area contributed by atoms with Crippen LogP contribution in [0.25, 0.3) is 0 Å². The number of nitrogens with zero attached hydrogens (tertiary/aromatic N) is 2. The lowest BCUT2D eigenvalue weighted by Crippen LogP contribution is -2.42. The molecule has 0 unspecified atom stereocenters. The van der Waals surface area contributed by atoms with E-state index in [4.69, 9.17) is 21.1 Å². The molecule has 0 fully saturated rings. The van der Waals surface area contributed by atoms with Gasteiger partial charge in [-0.1, -0.05) is 23.7 Å². The van der Waals surface area contributed by atoms with Crippen LogP contribution in [0.5, 0.6) is 11.5 Å². The number of rotatable bonds is 7. The average Bonchev–Trinajstić information content (AvgIpc) is 2.74. The Morgan fingerprint density at radius 1 is 0.933 bits per heavy atom. The fourth-order valence-corrected chi connectivity index (χ4v) is 2.94. The van der Waals surface area contributed by atoms with Crippen LogP contribution in [-0.4, -0.2) is 29.3 Å². The summed E-state index contributed by atoms with van der Waals surface area (Å²) >= 11 is 5.86. The number of methoxy groups -OCH3 is 2. The number of anilines is 1. The number of carbonyl (C=O) groups is 1. The molecule has 1 amide bonds. The molecule has 1 N–H and O–H groups in total. The van der Waals surface area contributed by atoms with Crippen molar-refractivity contribution in [2.45, 2.75) is 13.1 Å². The van der Waals surface area contributed by atoms with Gasteiger partial charge in [0.05, 0.1) is 20.8 Å². The summed E-state index contributed by atoms with van der Waals surface area (Å²) in [6.07, 6.45) is 2.88. The number of benzene rings is 2. The molecule has 2 aromatic carbocycles. The van der Waals surface area contributed by atoms with Crippen molar-refractivity contribution < 1.29 is 14.3 Å². The highest BCUT2D eigenvalue weighted by Crippen LogP contribution is 2.25. The van der Waals surface area contributed by atoms with E-state index in [2.05, 4.69) is 5.32 Å². The Bertz CT molecular complexity index is 1150. The molecule has 9 heteroatoms. The van der Waals surface area contributed by atoms with E-state index in [1.807, 2.05) is 0 Å². The quantitative estimate of drug-likeness (QED) is 0.582. The number of hydrogen-bond donors (Lipinski definition) is 1. The van der Waals surface area contributed by atoms with Crippen molar-refractivity contribution >= 4 is 23.2 Å². The van der Waals surface area contributed by atoms with Crippen LogP contribution in [0.15, 0.2) is 64.4 Å². The number of carbonyl (C=O) groups excluding carboxylic acids is 1. The summed E-state index contributed by atoms with van der Waals surface area (Å²) in [6.45, 7) is -0.0860. The first-order valence-electron chi connectivity index (χ1n) is 8.97. The fourth-order valence-electron chi connectivity index (χ4n) is 2.81. The molecular weight excluding hydrogens is 410 g/mol. The molecule has 1 aromatic heterocycles. The second-order valence-corrected chi connectivity index (χ2v) is 6.88. The number of aromatic nitrogens is 2. The van der Waals surface area contributed by atoms with Gasteiger partial charge in [-0.05, 0) is 17.7 Å². The van der Waals surface area contributed by atoms with E-state index in [1.54, 1.807) is 42.5 Å². The molecule has 8 nitrogen and oxygen atoms in total. The Morgan fingerprint density at radius 3 is 2.10 bits per heavy atom. The molecule has 0 aliphatic heterocycles. The second kappa shape index (κ2) is 9.32. The average molecular weight is 430 g/mol. The Labute approximate surface area is 177 Å². The van der Waals surface area contributed by atoms with Crippen LogP contribution >= 0.6 is 11.6 Å². The molecule has 1 heterocycles. The highest BCUT2D eigenvalue weighted by atomic mass is 35.5. The zero-order chi connectivity index (χ0) is 21.7. The highest BCUT2D eigenvalue weighted by molar-refractivity contribution is 6.30. The van der Waals surface area contributed by atoms with Crippen molar-refractivity contribution in [3.8, 4) is 11.5 Å². The zero-order valence-corrected chi connectivity index (χ0v) is 17.2. The monoisotopic (exact) mass is 429 g/mol. The highest BCUT2D eigenvalue weighted by Gasteiger charge is 2.11. The van der Waals surface area contributed by atoms with Crippen LogP contribution in [0.3, 0.4) is 0 Å². The van der Waals surface area contributed by atoms with E-state index >= 15 is 0 Å². The van der Waals surface area contributed by atoms with Gasteiger partial charge in [-0.25, -0.2) is 0 Å². The third kappa shape index (κ3) is 5.09. The van der Waals surface area contributed by atoms with Crippen molar-refractivity contribution in [1.29, 1.82) is 0 Å². The lowest BCUT2D eigenvalue weighted by molar-refractivity contribution is -0.116. The van der Waals surface area contributed by atoms with Gasteiger partial charge >= 0.3 is 11.1 Å². The Hall–Kier alpha value is -3.52. The molecule has 0 aliphatic carbocycles. The van der Waals surface area contributed by atoms with Crippen LogP contribution in [0.4, 0.5) is 5.69 Å². The summed E-state index contributed by atoms with van der Waals surface area (Å²) < 4.78 is 12.7. The van der Waals surface area contributed by atoms with Gasteiger partial charge in [0.1, 0.15) is 18.0 Å². The van der Waals surface area contributed by atoms with Crippen molar-refractivity contribution in [2.24, 2.45) is 0 Å². The molecule has 0 radical (unpaired) electrons. The minimum absolute atomic E-state index is 0.224. The normalized spacial score (nSPS) is 10.5. The third-order valence-corrected chi connectivity index (χ3v) is 4.60.